The molecule has 2 aromatic carbocycles. The van der Waals surface area contributed by atoms with Gasteiger partial charge in [-0.05, 0) is 71.8 Å². The van der Waals surface area contributed by atoms with Crippen molar-refractivity contribution >= 4 is 39.0 Å². The molecule has 2 aromatic rings. The van der Waals surface area contributed by atoms with Crippen LogP contribution in [0.15, 0.2) is 40.9 Å². The van der Waals surface area contributed by atoms with Gasteiger partial charge < -0.3 is 19.5 Å². The van der Waals surface area contributed by atoms with E-state index in [4.69, 9.17) is 26.4 Å². The third-order valence-corrected chi connectivity index (χ3v) is 4.20. The molecule has 0 aromatic heterocycles. The van der Waals surface area contributed by atoms with Crippen LogP contribution < -0.4 is 14.8 Å². The lowest BCUT2D eigenvalue weighted by atomic mass is 10.1. The highest BCUT2D eigenvalue weighted by atomic mass is 79.9. The molecular weight excluding hydrogens is 390 g/mol. The van der Waals surface area contributed by atoms with Crippen LogP contribution in [0.2, 0.25) is 0 Å². The number of nitrogens with one attached hydrogen (secondary N) is 1. The van der Waals surface area contributed by atoms with Gasteiger partial charge in [0.15, 0.2) is 0 Å². The number of hydrogen-bond acceptors (Lipinski definition) is 4. The molecule has 0 aliphatic rings. The van der Waals surface area contributed by atoms with Gasteiger partial charge in [0.2, 0.25) is 0 Å². The van der Waals surface area contributed by atoms with Gasteiger partial charge in [0.1, 0.15) is 18.1 Å². The molecule has 0 bridgehead atoms. The Hall–Kier alpha value is -1.79. The zero-order valence-corrected chi connectivity index (χ0v) is 16.3. The van der Waals surface area contributed by atoms with E-state index < -0.39 is 0 Å². The summed E-state index contributed by atoms with van der Waals surface area (Å²) in [6.45, 7) is 4.89. The van der Waals surface area contributed by atoms with Crippen LogP contribution in [0.3, 0.4) is 0 Å². The summed E-state index contributed by atoms with van der Waals surface area (Å²) in [5.41, 5.74) is 2.85. The highest BCUT2D eigenvalue weighted by Gasteiger charge is 2.13. The largest absolute Gasteiger partial charge is 0.493 e. The lowest BCUT2D eigenvalue weighted by Gasteiger charge is -2.17. The molecule has 2 rings (SSSR count). The van der Waals surface area contributed by atoms with E-state index in [0.717, 1.165) is 32.8 Å². The molecule has 0 saturated heterocycles. The van der Waals surface area contributed by atoms with Gasteiger partial charge in [-0.2, -0.15) is 0 Å². The van der Waals surface area contributed by atoms with Gasteiger partial charge in [-0.3, -0.25) is 0 Å². The first-order chi connectivity index (χ1) is 11.5. The van der Waals surface area contributed by atoms with Crippen molar-refractivity contribution in [3.05, 3.63) is 52.0 Å². The summed E-state index contributed by atoms with van der Waals surface area (Å²) in [5.74, 6) is 1.52. The van der Waals surface area contributed by atoms with Gasteiger partial charge in [0, 0.05) is 0 Å². The van der Waals surface area contributed by atoms with Crippen molar-refractivity contribution in [3.63, 3.8) is 0 Å². The number of thiocarbonyl (C=S) groups is 1. The summed E-state index contributed by atoms with van der Waals surface area (Å²) in [5, 5.41) is 3.35. The van der Waals surface area contributed by atoms with Crippen molar-refractivity contribution in [2.75, 3.05) is 19.0 Å². The number of aryl methyl sites for hydroxylation is 1. The number of anilines is 1. The Balaban J connectivity index is 2.26. The average Bonchev–Trinajstić information content (AvgIpc) is 2.56. The molecule has 0 aliphatic carbocycles. The second-order valence-electron chi connectivity index (χ2n) is 5.05. The molecule has 0 saturated carbocycles. The fourth-order valence-corrected chi connectivity index (χ4v) is 2.87. The third kappa shape index (κ3) is 4.85. The molecule has 0 unspecified atom stereocenters. The zero-order valence-electron chi connectivity index (χ0n) is 13.9. The number of ether oxygens (including phenoxy) is 3. The van der Waals surface area contributed by atoms with E-state index in [1.54, 1.807) is 0 Å². The van der Waals surface area contributed by atoms with E-state index in [1.165, 1.54) is 7.11 Å². The van der Waals surface area contributed by atoms with Crippen LogP contribution in [0.5, 0.6) is 11.5 Å². The first-order valence-corrected chi connectivity index (χ1v) is 8.74. The summed E-state index contributed by atoms with van der Waals surface area (Å²) >= 11 is 8.62. The number of methoxy groups -OCH3 is 1. The van der Waals surface area contributed by atoms with E-state index in [0.29, 0.717) is 18.4 Å². The Morgan fingerprint density at radius 1 is 1.17 bits per heavy atom. The highest BCUT2D eigenvalue weighted by molar-refractivity contribution is 9.10. The van der Waals surface area contributed by atoms with Crippen LogP contribution in [0.1, 0.15) is 18.1 Å². The summed E-state index contributed by atoms with van der Waals surface area (Å²) in [6.07, 6.45) is 0. The van der Waals surface area contributed by atoms with E-state index in [-0.39, 0.29) is 0 Å². The first-order valence-electron chi connectivity index (χ1n) is 7.53. The second-order valence-corrected chi connectivity index (χ2v) is 6.28. The van der Waals surface area contributed by atoms with Crippen molar-refractivity contribution in [3.8, 4) is 11.5 Å². The Labute approximate surface area is 156 Å². The Morgan fingerprint density at radius 2 is 1.96 bits per heavy atom. The smallest absolute Gasteiger partial charge is 0.260 e. The van der Waals surface area contributed by atoms with Gasteiger partial charge in [0.25, 0.3) is 5.17 Å². The predicted octanol–water partition coefficient (Wildman–Crippen LogP) is 5.08. The second kappa shape index (κ2) is 8.89. The molecule has 6 heteroatoms. The van der Waals surface area contributed by atoms with Crippen LogP contribution in [0.25, 0.3) is 0 Å². The minimum atomic E-state index is 0.293. The Morgan fingerprint density at radius 3 is 2.62 bits per heavy atom. The topological polar surface area (TPSA) is 39.7 Å². The molecule has 24 heavy (non-hydrogen) atoms. The Bertz CT molecular complexity index is 721. The average molecular weight is 410 g/mol. The quantitative estimate of drug-likeness (QED) is 0.673. The van der Waals surface area contributed by atoms with Crippen molar-refractivity contribution in [1.82, 2.24) is 0 Å². The van der Waals surface area contributed by atoms with Crippen LogP contribution in [0, 0.1) is 6.92 Å². The number of halogens is 1. The minimum Gasteiger partial charge on any atom is -0.493 e. The zero-order chi connectivity index (χ0) is 17.5. The van der Waals surface area contributed by atoms with Gasteiger partial charge in [-0.1, -0.05) is 12.1 Å². The monoisotopic (exact) mass is 409 g/mol. The van der Waals surface area contributed by atoms with Crippen molar-refractivity contribution < 1.29 is 14.2 Å². The molecule has 1 N–H and O–H groups in total. The lowest BCUT2D eigenvalue weighted by Crippen LogP contribution is -2.14. The fraction of sp³-hybridized carbons (Fsp3) is 0.278. The number of hydrogen-bond donors (Lipinski definition) is 1. The summed E-state index contributed by atoms with van der Waals surface area (Å²) < 4.78 is 17.6. The van der Waals surface area contributed by atoms with E-state index in [2.05, 4.69) is 21.2 Å². The normalized spacial score (nSPS) is 10.2. The van der Waals surface area contributed by atoms with E-state index in [9.17, 15) is 0 Å². The molecule has 0 heterocycles. The number of benzene rings is 2. The van der Waals surface area contributed by atoms with Crippen molar-refractivity contribution in [1.29, 1.82) is 0 Å². The van der Waals surface area contributed by atoms with Gasteiger partial charge in [-0.15, -0.1) is 0 Å². The van der Waals surface area contributed by atoms with Crippen molar-refractivity contribution in [2.45, 2.75) is 20.5 Å². The molecule has 0 amide bonds. The van der Waals surface area contributed by atoms with Crippen LogP contribution in [-0.2, 0) is 11.3 Å². The highest BCUT2D eigenvalue weighted by Crippen LogP contribution is 2.31. The van der Waals surface area contributed by atoms with E-state index in [1.807, 2.05) is 50.2 Å². The van der Waals surface area contributed by atoms with Crippen molar-refractivity contribution in [2.24, 2.45) is 0 Å². The van der Waals surface area contributed by atoms with Gasteiger partial charge >= 0.3 is 0 Å². The summed E-state index contributed by atoms with van der Waals surface area (Å²) in [6, 6.07) is 11.7. The molecule has 0 atom stereocenters. The van der Waals surface area contributed by atoms with Gasteiger partial charge in [0.05, 0.1) is 29.4 Å². The van der Waals surface area contributed by atoms with Crippen LogP contribution in [-0.4, -0.2) is 18.9 Å². The maximum Gasteiger partial charge on any atom is 0.260 e. The maximum absolute atomic E-state index is 5.97. The fourth-order valence-electron chi connectivity index (χ4n) is 2.16. The molecule has 128 valence electrons. The molecule has 0 fully saturated rings. The standard InChI is InChI=1S/C18H20BrNO3S/c1-4-22-16-7-5-6-15(20-18(24)21-3)13(16)11-23-17-9-8-12(2)10-14(17)19/h5-10H,4,11H2,1-3H3,(H,20,24). The molecule has 0 spiro atoms. The van der Waals surface area contributed by atoms with Gasteiger partial charge in [-0.25, -0.2) is 0 Å². The molecule has 0 radical (unpaired) electrons. The lowest BCUT2D eigenvalue weighted by molar-refractivity contribution is 0.285. The third-order valence-electron chi connectivity index (χ3n) is 3.31. The minimum absolute atomic E-state index is 0.293. The number of rotatable bonds is 6. The predicted molar refractivity (Wildman–Crippen MR) is 104 cm³/mol. The van der Waals surface area contributed by atoms with Crippen LogP contribution in [0.4, 0.5) is 5.69 Å². The van der Waals surface area contributed by atoms with Crippen LogP contribution >= 0.6 is 28.1 Å². The molecule has 4 nitrogen and oxygen atoms in total. The maximum atomic E-state index is 5.97. The Kier molecular flexibility index (Phi) is 6.87. The summed E-state index contributed by atoms with van der Waals surface area (Å²) in [7, 11) is 1.53. The molecular formula is C18H20BrNO3S. The summed E-state index contributed by atoms with van der Waals surface area (Å²) in [4.78, 5) is 0. The molecule has 0 aliphatic heterocycles. The SMILES string of the molecule is CCOc1cccc(NC(=S)OC)c1COc1ccc(C)cc1Br. The first kappa shape index (κ1) is 18.5. The van der Waals surface area contributed by atoms with E-state index >= 15 is 0 Å².